The van der Waals surface area contributed by atoms with Gasteiger partial charge in [0.25, 0.3) is 5.91 Å². The summed E-state index contributed by atoms with van der Waals surface area (Å²) in [5.74, 6) is 7.14. The third-order valence-electron chi connectivity index (χ3n) is 9.29. The normalized spacial score (nSPS) is 28.5. The van der Waals surface area contributed by atoms with Crippen LogP contribution in [-0.4, -0.2) is 54.3 Å². The molecule has 5 heteroatoms. The van der Waals surface area contributed by atoms with Crippen molar-refractivity contribution in [3.8, 4) is 17.6 Å². The van der Waals surface area contributed by atoms with Crippen LogP contribution < -0.4 is 10.1 Å². The number of rotatable bonds is 8. The van der Waals surface area contributed by atoms with Gasteiger partial charge in [-0.25, -0.2) is 0 Å². The number of nitrogens with one attached hydrogen (secondary N) is 1. The highest BCUT2D eigenvalue weighted by Gasteiger charge is 2.51. The van der Waals surface area contributed by atoms with Crippen molar-refractivity contribution in [3.63, 3.8) is 0 Å². The van der Waals surface area contributed by atoms with E-state index in [1.54, 1.807) is 0 Å². The second kappa shape index (κ2) is 11.5. The average molecular weight is 515 g/mol. The van der Waals surface area contributed by atoms with E-state index in [4.69, 9.17) is 4.74 Å². The molecule has 0 radical (unpaired) electrons. The highest BCUT2D eigenvalue weighted by molar-refractivity contribution is 5.77. The number of benzene rings is 2. The van der Waals surface area contributed by atoms with Crippen molar-refractivity contribution >= 4 is 5.91 Å². The number of hydrogen-bond donors (Lipinski definition) is 2. The van der Waals surface area contributed by atoms with Gasteiger partial charge in [0.1, 0.15) is 11.4 Å². The molecule has 0 spiro atoms. The van der Waals surface area contributed by atoms with E-state index in [9.17, 15) is 9.90 Å². The molecule has 2 N–H and O–H groups in total. The quantitative estimate of drug-likeness (QED) is 0.504. The lowest BCUT2D eigenvalue weighted by atomic mass is 9.52. The van der Waals surface area contributed by atoms with E-state index in [1.807, 2.05) is 13.0 Å². The van der Waals surface area contributed by atoms with Crippen molar-refractivity contribution in [2.24, 2.45) is 5.92 Å². The Kier molecular flexibility index (Phi) is 8.12. The molecule has 3 aliphatic rings. The SMILES string of the molecule is CC#C[C@@]1(O)CC[C@@]2(Cc3ccccc3)c3ccc(OCC(=O)NCCC4CCCN4C)cc3CC[C@@H]2C1. The van der Waals surface area contributed by atoms with Gasteiger partial charge < -0.3 is 20.1 Å². The third kappa shape index (κ3) is 5.77. The van der Waals surface area contributed by atoms with E-state index >= 15 is 0 Å². The van der Waals surface area contributed by atoms with Gasteiger partial charge >= 0.3 is 0 Å². The molecule has 2 aromatic carbocycles. The maximum absolute atomic E-state index is 12.4. The molecule has 2 fully saturated rings. The minimum absolute atomic E-state index is 0.0279. The molecule has 38 heavy (non-hydrogen) atoms. The maximum Gasteiger partial charge on any atom is 0.257 e. The fourth-order valence-electron chi connectivity index (χ4n) is 7.31. The highest BCUT2D eigenvalue weighted by atomic mass is 16.5. The average Bonchev–Trinajstić information content (AvgIpc) is 3.33. The molecular weight excluding hydrogens is 472 g/mol. The van der Waals surface area contributed by atoms with Crippen LogP contribution in [0.3, 0.4) is 0 Å². The van der Waals surface area contributed by atoms with Gasteiger partial charge in [-0.05, 0) is 113 Å². The third-order valence-corrected chi connectivity index (χ3v) is 9.29. The van der Waals surface area contributed by atoms with Gasteiger partial charge in [-0.1, -0.05) is 42.3 Å². The lowest BCUT2D eigenvalue weighted by Crippen LogP contribution is -2.50. The van der Waals surface area contributed by atoms with Crippen LogP contribution in [0.2, 0.25) is 0 Å². The molecule has 2 aromatic rings. The standard InChI is InChI=1S/C33H42N2O3/c1-3-16-32(37)17-18-33(22-25-8-5-4-6-9-25)27(23-32)12-11-26-21-29(13-14-30(26)33)38-24-31(36)34-19-15-28-10-7-20-35(28)2/h4-6,8-9,13-14,21,27-28,37H,7,10-12,15,17-20,22-24H2,1-2H3,(H,34,36)/t27-,28?,32-,33+/m1/s1. The summed E-state index contributed by atoms with van der Waals surface area (Å²) in [7, 11) is 2.16. The van der Waals surface area contributed by atoms with Crippen LogP contribution in [-0.2, 0) is 23.1 Å². The minimum Gasteiger partial charge on any atom is -0.484 e. The van der Waals surface area contributed by atoms with Crippen molar-refractivity contribution in [2.45, 2.75) is 81.8 Å². The topological polar surface area (TPSA) is 61.8 Å². The largest absolute Gasteiger partial charge is 0.484 e. The zero-order chi connectivity index (χ0) is 26.6. The molecule has 1 saturated heterocycles. The number of hydrogen-bond acceptors (Lipinski definition) is 4. The van der Waals surface area contributed by atoms with E-state index in [0.717, 1.165) is 50.8 Å². The highest BCUT2D eigenvalue weighted by Crippen LogP contribution is 2.54. The van der Waals surface area contributed by atoms with E-state index in [2.05, 4.69) is 71.6 Å². The maximum atomic E-state index is 12.4. The zero-order valence-corrected chi connectivity index (χ0v) is 23.0. The Morgan fingerprint density at radius 2 is 2.03 bits per heavy atom. The van der Waals surface area contributed by atoms with Gasteiger partial charge in [-0.3, -0.25) is 4.79 Å². The van der Waals surface area contributed by atoms with Crippen LogP contribution in [0.15, 0.2) is 48.5 Å². The van der Waals surface area contributed by atoms with Crippen molar-refractivity contribution in [1.82, 2.24) is 10.2 Å². The molecule has 2 aliphatic carbocycles. The Labute approximate surface area is 228 Å². The summed E-state index contributed by atoms with van der Waals surface area (Å²) < 4.78 is 5.95. The van der Waals surface area contributed by atoms with Gasteiger partial charge in [-0.2, -0.15) is 0 Å². The first-order valence-corrected chi connectivity index (χ1v) is 14.3. The van der Waals surface area contributed by atoms with Crippen molar-refractivity contribution in [2.75, 3.05) is 26.7 Å². The Bertz CT molecular complexity index is 1190. The van der Waals surface area contributed by atoms with E-state index in [-0.39, 0.29) is 17.9 Å². The molecule has 1 amide bonds. The van der Waals surface area contributed by atoms with Crippen LogP contribution in [0.1, 0.15) is 68.6 Å². The van der Waals surface area contributed by atoms with Crippen molar-refractivity contribution in [3.05, 3.63) is 65.2 Å². The molecule has 5 nitrogen and oxygen atoms in total. The lowest BCUT2D eigenvalue weighted by molar-refractivity contribution is -0.123. The summed E-state index contributed by atoms with van der Waals surface area (Å²) in [5, 5.41) is 14.2. The second-order valence-electron chi connectivity index (χ2n) is 11.7. The smallest absolute Gasteiger partial charge is 0.257 e. The van der Waals surface area contributed by atoms with E-state index in [0.29, 0.717) is 24.9 Å². The van der Waals surface area contributed by atoms with Crippen LogP contribution in [0, 0.1) is 17.8 Å². The number of aliphatic hydroxyl groups is 1. The van der Waals surface area contributed by atoms with Crippen LogP contribution in [0.4, 0.5) is 0 Å². The number of nitrogens with zero attached hydrogens (tertiary/aromatic N) is 1. The summed E-state index contributed by atoms with van der Waals surface area (Å²) in [6.45, 7) is 3.70. The Balaban J connectivity index is 1.28. The van der Waals surface area contributed by atoms with Crippen LogP contribution in [0.5, 0.6) is 5.75 Å². The van der Waals surface area contributed by atoms with Gasteiger partial charge in [-0.15, -0.1) is 5.92 Å². The molecule has 0 bridgehead atoms. The van der Waals surface area contributed by atoms with E-state index < -0.39 is 5.60 Å². The minimum atomic E-state index is -0.888. The Hall–Kier alpha value is -2.81. The number of amides is 1. The predicted molar refractivity (Wildman–Crippen MR) is 151 cm³/mol. The van der Waals surface area contributed by atoms with E-state index in [1.165, 1.54) is 29.5 Å². The van der Waals surface area contributed by atoms with Crippen molar-refractivity contribution in [1.29, 1.82) is 0 Å². The molecule has 1 unspecified atom stereocenters. The van der Waals surface area contributed by atoms with Gasteiger partial charge in [0.15, 0.2) is 6.61 Å². The monoisotopic (exact) mass is 514 g/mol. The zero-order valence-electron chi connectivity index (χ0n) is 23.0. The Morgan fingerprint density at radius 1 is 1.18 bits per heavy atom. The van der Waals surface area contributed by atoms with Gasteiger partial charge in [0, 0.05) is 18.0 Å². The first kappa shape index (κ1) is 26.8. The fourth-order valence-corrected chi connectivity index (χ4v) is 7.31. The molecule has 0 aromatic heterocycles. The molecule has 5 rings (SSSR count). The molecule has 4 atom stereocenters. The second-order valence-corrected chi connectivity index (χ2v) is 11.7. The number of ether oxygens (including phenoxy) is 1. The molecule has 1 heterocycles. The number of fused-ring (bicyclic) bond motifs is 3. The fraction of sp³-hybridized carbons (Fsp3) is 0.545. The number of likely N-dealkylation sites (tertiary alicyclic amines) is 1. The summed E-state index contributed by atoms with van der Waals surface area (Å²) >= 11 is 0. The van der Waals surface area contributed by atoms with Crippen LogP contribution in [0.25, 0.3) is 0 Å². The summed E-state index contributed by atoms with van der Waals surface area (Å²) in [4.78, 5) is 14.8. The molecule has 1 aliphatic heterocycles. The summed E-state index contributed by atoms with van der Waals surface area (Å²) in [6, 6.07) is 17.7. The molecular formula is C33H42N2O3. The molecule has 1 saturated carbocycles. The number of carbonyl (C=O) groups excluding carboxylic acids is 1. The van der Waals surface area contributed by atoms with Crippen LogP contribution >= 0.6 is 0 Å². The number of aryl methyl sites for hydroxylation is 1. The summed E-state index contributed by atoms with van der Waals surface area (Å²) in [6.07, 6.45) is 8.69. The first-order valence-electron chi connectivity index (χ1n) is 14.3. The Morgan fingerprint density at radius 3 is 2.79 bits per heavy atom. The van der Waals surface area contributed by atoms with Gasteiger partial charge in [0.05, 0.1) is 0 Å². The van der Waals surface area contributed by atoms with Crippen molar-refractivity contribution < 1.29 is 14.6 Å². The lowest BCUT2D eigenvalue weighted by Gasteiger charge is -2.52. The molecule has 202 valence electrons. The first-order chi connectivity index (χ1) is 18.4. The van der Waals surface area contributed by atoms with Gasteiger partial charge in [0.2, 0.25) is 0 Å². The predicted octanol–water partition coefficient (Wildman–Crippen LogP) is 4.65. The number of carbonyl (C=O) groups is 1. The summed E-state index contributed by atoms with van der Waals surface area (Å²) in [5.41, 5.74) is 3.10.